The first-order valence-electron chi connectivity index (χ1n) is 4.37. The fourth-order valence-electron chi connectivity index (χ4n) is 1.85. The maximum Gasteiger partial charge on any atom is 0.141 e. The van der Waals surface area contributed by atoms with E-state index < -0.39 is 5.92 Å². The molecule has 0 aliphatic carbocycles. The molecule has 1 aliphatic heterocycles. The Balaban J connectivity index is 2.64. The van der Waals surface area contributed by atoms with Crippen LogP contribution in [0.25, 0.3) is 0 Å². The van der Waals surface area contributed by atoms with Crippen molar-refractivity contribution in [3.8, 4) is 0 Å². The summed E-state index contributed by atoms with van der Waals surface area (Å²) in [6, 6.07) is 0.0972. The number of carbonyl (C=O) groups is 2. The van der Waals surface area contributed by atoms with Gasteiger partial charge in [0.1, 0.15) is 11.6 Å². The van der Waals surface area contributed by atoms with Gasteiger partial charge in [0.25, 0.3) is 0 Å². The van der Waals surface area contributed by atoms with Crippen molar-refractivity contribution in [2.45, 2.75) is 32.7 Å². The summed E-state index contributed by atoms with van der Waals surface area (Å²) in [6.45, 7) is 3.92. The predicted octanol–water partition coefficient (Wildman–Crippen LogP) is 0.533. The van der Waals surface area contributed by atoms with E-state index in [0.717, 1.165) is 19.4 Å². The lowest BCUT2D eigenvalue weighted by Crippen LogP contribution is -2.38. The largest absolute Gasteiger partial charge is 0.313 e. The molecular weight excluding hydrogens is 154 g/mol. The van der Waals surface area contributed by atoms with Crippen LogP contribution in [0.2, 0.25) is 0 Å². The van der Waals surface area contributed by atoms with Gasteiger partial charge in [-0.2, -0.15) is 0 Å². The molecule has 0 aromatic rings. The molecule has 3 heteroatoms. The minimum Gasteiger partial charge on any atom is -0.313 e. The average molecular weight is 169 g/mol. The third kappa shape index (κ3) is 1.91. The molecule has 0 radical (unpaired) electrons. The molecule has 1 rings (SSSR count). The van der Waals surface area contributed by atoms with Gasteiger partial charge in [0.2, 0.25) is 0 Å². The summed E-state index contributed by atoms with van der Waals surface area (Å²) in [5, 5.41) is 3.18. The zero-order valence-electron chi connectivity index (χ0n) is 7.59. The second kappa shape index (κ2) is 3.81. The smallest absolute Gasteiger partial charge is 0.141 e. The van der Waals surface area contributed by atoms with Crippen LogP contribution in [-0.4, -0.2) is 24.2 Å². The van der Waals surface area contributed by atoms with Crippen LogP contribution in [0.15, 0.2) is 0 Å². The Morgan fingerprint density at radius 1 is 1.33 bits per heavy atom. The highest BCUT2D eigenvalue weighted by Gasteiger charge is 2.31. The van der Waals surface area contributed by atoms with E-state index in [2.05, 4.69) is 5.32 Å². The van der Waals surface area contributed by atoms with Crippen molar-refractivity contribution in [3.63, 3.8) is 0 Å². The number of hydrogen-bond acceptors (Lipinski definition) is 3. The molecule has 1 N–H and O–H groups in total. The van der Waals surface area contributed by atoms with Crippen molar-refractivity contribution in [1.29, 1.82) is 0 Å². The molecule has 0 spiro atoms. The van der Waals surface area contributed by atoms with Crippen molar-refractivity contribution in [3.05, 3.63) is 0 Å². The minimum atomic E-state index is -0.410. The molecule has 0 aromatic heterocycles. The fourth-order valence-corrected chi connectivity index (χ4v) is 1.85. The maximum atomic E-state index is 11.1. The molecule has 3 nitrogen and oxygen atoms in total. The van der Waals surface area contributed by atoms with E-state index in [4.69, 9.17) is 0 Å². The van der Waals surface area contributed by atoms with Crippen LogP contribution in [0, 0.1) is 5.92 Å². The lowest BCUT2D eigenvalue weighted by molar-refractivity contribution is -0.131. The van der Waals surface area contributed by atoms with E-state index >= 15 is 0 Å². The average Bonchev–Trinajstić information content (AvgIpc) is 2.37. The quantitative estimate of drug-likeness (QED) is 0.627. The second-order valence-electron chi connectivity index (χ2n) is 3.40. The molecule has 68 valence electrons. The summed E-state index contributed by atoms with van der Waals surface area (Å²) in [7, 11) is 0. The molecule has 0 saturated carbocycles. The zero-order valence-corrected chi connectivity index (χ0v) is 7.59. The molecule has 1 unspecified atom stereocenters. The SMILES string of the molecule is CC(=O)C(C(C)=O)C1CCCN1. The van der Waals surface area contributed by atoms with Crippen molar-refractivity contribution in [2.24, 2.45) is 5.92 Å². The molecule has 0 aromatic carbocycles. The van der Waals surface area contributed by atoms with Crippen LogP contribution >= 0.6 is 0 Å². The van der Waals surface area contributed by atoms with Gasteiger partial charge in [-0.15, -0.1) is 0 Å². The van der Waals surface area contributed by atoms with Gasteiger partial charge >= 0.3 is 0 Å². The van der Waals surface area contributed by atoms with Gasteiger partial charge in [-0.3, -0.25) is 9.59 Å². The summed E-state index contributed by atoms with van der Waals surface area (Å²) in [4.78, 5) is 22.2. The topological polar surface area (TPSA) is 46.2 Å². The maximum absolute atomic E-state index is 11.1. The van der Waals surface area contributed by atoms with Gasteiger partial charge in [-0.25, -0.2) is 0 Å². The minimum absolute atomic E-state index is 0.0121. The Morgan fingerprint density at radius 3 is 2.25 bits per heavy atom. The summed E-state index contributed by atoms with van der Waals surface area (Å²) in [5.74, 6) is -0.434. The number of nitrogens with one attached hydrogen (secondary N) is 1. The van der Waals surface area contributed by atoms with E-state index in [1.54, 1.807) is 0 Å². The van der Waals surface area contributed by atoms with Crippen LogP contribution in [-0.2, 0) is 9.59 Å². The zero-order chi connectivity index (χ0) is 9.14. The standard InChI is InChI=1S/C9H15NO2/c1-6(11)9(7(2)12)8-4-3-5-10-8/h8-10H,3-5H2,1-2H3. The Kier molecular flexibility index (Phi) is 2.98. The molecule has 1 fully saturated rings. The van der Waals surface area contributed by atoms with Gasteiger partial charge in [0.05, 0.1) is 5.92 Å². The normalized spacial score (nSPS) is 23.1. The number of ketones is 2. The van der Waals surface area contributed by atoms with Gasteiger partial charge in [-0.05, 0) is 33.2 Å². The van der Waals surface area contributed by atoms with E-state index in [0.29, 0.717) is 0 Å². The van der Waals surface area contributed by atoms with Crippen molar-refractivity contribution in [2.75, 3.05) is 6.54 Å². The van der Waals surface area contributed by atoms with E-state index in [-0.39, 0.29) is 17.6 Å². The van der Waals surface area contributed by atoms with E-state index in [9.17, 15) is 9.59 Å². The molecule has 1 atom stereocenters. The van der Waals surface area contributed by atoms with Crippen LogP contribution in [0.4, 0.5) is 0 Å². The second-order valence-corrected chi connectivity index (χ2v) is 3.40. The predicted molar refractivity (Wildman–Crippen MR) is 45.9 cm³/mol. The Labute approximate surface area is 72.5 Å². The third-order valence-electron chi connectivity index (χ3n) is 2.38. The van der Waals surface area contributed by atoms with Crippen LogP contribution in [0.1, 0.15) is 26.7 Å². The first-order chi connectivity index (χ1) is 5.63. The summed E-state index contributed by atoms with van der Waals surface area (Å²) >= 11 is 0. The van der Waals surface area contributed by atoms with Crippen molar-refractivity contribution < 1.29 is 9.59 Å². The first-order valence-corrected chi connectivity index (χ1v) is 4.37. The Bertz CT molecular complexity index is 181. The monoisotopic (exact) mass is 169 g/mol. The molecule has 1 saturated heterocycles. The molecule has 0 amide bonds. The van der Waals surface area contributed by atoms with Crippen LogP contribution < -0.4 is 5.32 Å². The van der Waals surface area contributed by atoms with Gasteiger partial charge < -0.3 is 5.32 Å². The number of carbonyl (C=O) groups excluding carboxylic acids is 2. The van der Waals surface area contributed by atoms with Crippen molar-refractivity contribution >= 4 is 11.6 Å². The highest BCUT2D eigenvalue weighted by atomic mass is 16.1. The van der Waals surface area contributed by atoms with E-state index in [1.165, 1.54) is 13.8 Å². The van der Waals surface area contributed by atoms with Crippen molar-refractivity contribution in [1.82, 2.24) is 5.32 Å². The fraction of sp³-hybridized carbons (Fsp3) is 0.778. The van der Waals surface area contributed by atoms with Crippen LogP contribution in [0.3, 0.4) is 0 Å². The van der Waals surface area contributed by atoms with Gasteiger partial charge in [0.15, 0.2) is 0 Å². The molecule has 12 heavy (non-hydrogen) atoms. The lowest BCUT2D eigenvalue weighted by atomic mass is 9.91. The third-order valence-corrected chi connectivity index (χ3v) is 2.38. The molecular formula is C9H15NO2. The summed E-state index contributed by atoms with van der Waals surface area (Å²) < 4.78 is 0. The molecule has 1 heterocycles. The van der Waals surface area contributed by atoms with E-state index in [1.807, 2.05) is 0 Å². The summed E-state index contributed by atoms with van der Waals surface area (Å²) in [5.41, 5.74) is 0. The number of Topliss-reactive ketones (excluding diaryl/α,β-unsaturated/α-hetero) is 2. The number of rotatable bonds is 3. The van der Waals surface area contributed by atoms with Gasteiger partial charge in [-0.1, -0.05) is 0 Å². The molecule has 1 aliphatic rings. The Hall–Kier alpha value is -0.700. The van der Waals surface area contributed by atoms with Crippen LogP contribution in [0.5, 0.6) is 0 Å². The molecule has 0 bridgehead atoms. The summed E-state index contributed by atoms with van der Waals surface area (Å²) in [6.07, 6.45) is 2.02. The number of hydrogen-bond donors (Lipinski definition) is 1. The first kappa shape index (κ1) is 9.39. The highest BCUT2D eigenvalue weighted by Crippen LogP contribution is 2.16. The van der Waals surface area contributed by atoms with Gasteiger partial charge in [0, 0.05) is 6.04 Å². The highest BCUT2D eigenvalue weighted by molar-refractivity contribution is 6.01. The Morgan fingerprint density at radius 2 is 1.92 bits per heavy atom. The lowest BCUT2D eigenvalue weighted by Gasteiger charge is -2.17.